The number of ether oxygens (including phenoxy) is 1. The third kappa shape index (κ3) is 3.87. The maximum Gasteiger partial charge on any atom is 0.410 e. The number of nitrogens with zero attached hydrogens (tertiary/aromatic N) is 3. The second kappa shape index (κ2) is 6.10. The summed E-state index contributed by atoms with van der Waals surface area (Å²) in [7, 11) is 0. The number of hydrogen-bond donors (Lipinski definition) is 1. The predicted molar refractivity (Wildman–Crippen MR) is 85.6 cm³/mol. The average Bonchev–Trinajstić information content (AvgIpc) is 2.36. The van der Waals surface area contributed by atoms with E-state index in [1.54, 1.807) is 0 Å². The first-order valence-electron chi connectivity index (χ1n) is 7.76. The number of nitrogens with two attached hydrogens (primary N) is 1. The molecule has 2 N–H and O–H groups in total. The lowest BCUT2D eigenvalue weighted by atomic mass is 9.87. The maximum absolute atomic E-state index is 12.2. The van der Waals surface area contributed by atoms with Gasteiger partial charge in [0.15, 0.2) is 0 Å². The predicted octanol–water partition coefficient (Wildman–Crippen LogP) is 2.87. The minimum Gasteiger partial charge on any atom is -0.444 e. The Balaban J connectivity index is 2.05. The molecule has 1 aromatic rings. The van der Waals surface area contributed by atoms with Gasteiger partial charge in [0.2, 0.25) is 0 Å². The molecule has 2 rings (SSSR count). The fraction of sp³-hybridized carbons (Fsp3) is 0.688. The Labute approximate surface area is 132 Å². The Morgan fingerprint density at radius 3 is 2.64 bits per heavy atom. The second-order valence-electron chi connectivity index (χ2n) is 7.08. The molecule has 1 fully saturated rings. The van der Waals surface area contributed by atoms with E-state index in [4.69, 9.17) is 10.5 Å². The molecule has 0 saturated carbocycles. The molecule has 0 bridgehead atoms. The van der Waals surface area contributed by atoms with Gasteiger partial charge in [0, 0.05) is 18.5 Å². The molecule has 0 spiro atoms. The van der Waals surface area contributed by atoms with Crippen LogP contribution in [0, 0.1) is 6.92 Å². The number of carbonyl (C=O) groups is 1. The number of aryl methyl sites for hydroxylation is 1. The van der Waals surface area contributed by atoms with Gasteiger partial charge in [0.1, 0.15) is 11.4 Å². The molecule has 1 aliphatic rings. The second-order valence-corrected chi connectivity index (χ2v) is 7.08. The van der Waals surface area contributed by atoms with Crippen LogP contribution >= 0.6 is 0 Å². The van der Waals surface area contributed by atoms with E-state index in [0.29, 0.717) is 18.3 Å². The Bertz CT molecular complexity index is 554. The minimum absolute atomic E-state index is 0.118. The topological polar surface area (TPSA) is 81.3 Å². The van der Waals surface area contributed by atoms with Gasteiger partial charge in [-0.2, -0.15) is 5.10 Å². The molecule has 6 nitrogen and oxygen atoms in total. The Morgan fingerprint density at radius 1 is 1.41 bits per heavy atom. The summed E-state index contributed by atoms with van der Waals surface area (Å²) in [6, 6.07) is 1.97. The number of nitrogen functional groups attached to an aromatic ring is 1. The van der Waals surface area contributed by atoms with E-state index in [1.165, 1.54) is 0 Å². The van der Waals surface area contributed by atoms with E-state index in [2.05, 4.69) is 17.1 Å². The van der Waals surface area contributed by atoms with Gasteiger partial charge in [-0.25, -0.2) is 4.79 Å². The van der Waals surface area contributed by atoms with Crippen molar-refractivity contribution in [2.24, 2.45) is 0 Å². The lowest BCUT2D eigenvalue weighted by Gasteiger charge is -2.38. The van der Waals surface area contributed by atoms with Crippen molar-refractivity contribution < 1.29 is 9.53 Å². The molecule has 0 unspecified atom stereocenters. The monoisotopic (exact) mass is 306 g/mol. The summed E-state index contributed by atoms with van der Waals surface area (Å²) < 4.78 is 5.47. The fourth-order valence-corrected chi connectivity index (χ4v) is 2.93. The van der Waals surface area contributed by atoms with Gasteiger partial charge < -0.3 is 15.4 Å². The first kappa shape index (κ1) is 16.5. The molecule has 1 saturated heterocycles. The van der Waals surface area contributed by atoms with Crippen molar-refractivity contribution in [2.45, 2.75) is 65.0 Å². The highest BCUT2D eigenvalue weighted by molar-refractivity contribution is 5.68. The molecule has 1 amide bonds. The van der Waals surface area contributed by atoms with Gasteiger partial charge in [0.25, 0.3) is 0 Å². The van der Waals surface area contributed by atoms with Gasteiger partial charge in [-0.3, -0.25) is 0 Å². The largest absolute Gasteiger partial charge is 0.444 e. The van der Waals surface area contributed by atoms with E-state index in [1.807, 2.05) is 38.7 Å². The molecule has 2 heterocycles. The van der Waals surface area contributed by atoms with Gasteiger partial charge in [-0.15, -0.1) is 5.10 Å². The Kier molecular flexibility index (Phi) is 4.58. The van der Waals surface area contributed by atoms with E-state index in [0.717, 1.165) is 24.1 Å². The first-order chi connectivity index (χ1) is 10.2. The highest BCUT2D eigenvalue weighted by Gasteiger charge is 2.33. The molecule has 0 aromatic carbocycles. The zero-order valence-corrected chi connectivity index (χ0v) is 14.1. The van der Waals surface area contributed by atoms with Crippen molar-refractivity contribution in [1.82, 2.24) is 15.1 Å². The van der Waals surface area contributed by atoms with Crippen molar-refractivity contribution in [1.29, 1.82) is 0 Å². The Hall–Kier alpha value is -1.85. The zero-order chi connectivity index (χ0) is 16.5. The number of likely N-dealkylation sites (tertiary alicyclic amines) is 1. The summed E-state index contributed by atoms with van der Waals surface area (Å²) in [6.45, 7) is 10.4. The van der Waals surface area contributed by atoms with Crippen molar-refractivity contribution in [3.63, 3.8) is 0 Å². The van der Waals surface area contributed by atoms with Crippen LogP contribution in [0.1, 0.15) is 57.7 Å². The number of anilines is 1. The molecule has 1 aromatic heterocycles. The third-order valence-electron chi connectivity index (χ3n) is 3.93. The third-order valence-corrected chi connectivity index (χ3v) is 3.93. The SMILES string of the molecule is Cc1cc(N)nnc1[C@H]1CCN(C(=O)OC(C)(C)C)[C@@H](C)C1. The van der Waals surface area contributed by atoms with Crippen molar-refractivity contribution in [2.75, 3.05) is 12.3 Å². The van der Waals surface area contributed by atoms with Gasteiger partial charge in [-0.05, 0) is 59.1 Å². The molecule has 0 aliphatic carbocycles. The van der Waals surface area contributed by atoms with E-state index >= 15 is 0 Å². The van der Waals surface area contributed by atoms with Crippen LogP contribution in [0.25, 0.3) is 0 Å². The summed E-state index contributed by atoms with van der Waals surface area (Å²) >= 11 is 0. The summed E-state index contributed by atoms with van der Waals surface area (Å²) in [5.41, 5.74) is 7.25. The smallest absolute Gasteiger partial charge is 0.410 e. The van der Waals surface area contributed by atoms with Crippen LogP contribution in [-0.4, -0.2) is 39.4 Å². The average molecular weight is 306 g/mol. The Morgan fingerprint density at radius 2 is 2.09 bits per heavy atom. The maximum atomic E-state index is 12.2. The molecule has 6 heteroatoms. The number of carbonyl (C=O) groups excluding carboxylic acids is 1. The number of piperidine rings is 1. The molecular formula is C16H26N4O2. The lowest BCUT2D eigenvalue weighted by Crippen LogP contribution is -2.46. The minimum atomic E-state index is -0.466. The van der Waals surface area contributed by atoms with Crippen LogP contribution in [0.3, 0.4) is 0 Å². The number of amides is 1. The fourth-order valence-electron chi connectivity index (χ4n) is 2.93. The highest BCUT2D eigenvalue weighted by atomic mass is 16.6. The number of rotatable bonds is 1. The van der Waals surface area contributed by atoms with Crippen LogP contribution in [0.2, 0.25) is 0 Å². The number of hydrogen-bond acceptors (Lipinski definition) is 5. The summed E-state index contributed by atoms with van der Waals surface area (Å²) in [5, 5.41) is 8.22. The molecule has 0 radical (unpaired) electrons. The molecule has 2 atom stereocenters. The standard InChI is InChI=1S/C16H26N4O2/c1-10-8-13(17)18-19-14(10)12-6-7-20(11(2)9-12)15(21)22-16(3,4)5/h8,11-12H,6-7,9H2,1-5H3,(H2,17,18)/t11-,12-/m0/s1. The van der Waals surface area contributed by atoms with Crippen molar-refractivity contribution >= 4 is 11.9 Å². The lowest BCUT2D eigenvalue weighted by molar-refractivity contribution is 0.0102. The van der Waals surface area contributed by atoms with Gasteiger partial charge in [0.05, 0.1) is 5.69 Å². The van der Waals surface area contributed by atoms with Gasteiger partial charge >= 0.3 is 6.09 Å². The highest BCUT2D eigenvalue weighted by Crippen LogP contribution is 2.32. The van der Waals surface area contributed by atoms with Crippen molar-refractivity contribution in [3.8, 4) is 0 Å². The number of aromatic nitrogens is 2. The van der Waals surface area contributed by atoms with Gasteiger partial charge in [-0.1, -0.05) is 0 Å². The molecule has 1 aliphatic heterocycles. The van der Waals surface area contributed by atoms with Crippen LogP contribution in [0.5, 0.6) is 0 Å². The summed E-state index contributed by atoms with van der Waals surface area (Å²) in [5.74, 6) is 0.752. The van der Waals surface area contributed by atoms with Crippen molar-refractivity contribution in [3.05, 3.63) is 17.3 Å². The molecule has 122 valence electrons. The van der Waals surface area contributed by atoms with Crippen LogP contribution in [-0.2, 0) is 4.74 Å². The van der Waals surface area contributed by atoms with E-state index in [9.17, 15) is 4.79 Å². The molecule has 22 heavy (non-hydrogen) atoms. The normalized spacial score (nSPS) is 22.5. The summed E-state index contributed by atoms with van der Waals surface area (Å²) in [6.07, 6.45) is 1.49. The summed E-state index contributed by atoms with van der Waals surface area (Å²) in [4.78, 5) is 14.0. The first-order valence-corrected chi connectivity index (χ1v) is 7.76. The van der Waals surface area contributed by atoms with E-state index in [-0.39, 0.29) is 12.1 Å². The van der Waals surface area contributed by atoms with Crippen LogP contribution in [0.15, 0.2) is 6.07 Å². The van der Waals surface area contributed by atoms with Crippen LogP contribution in [0.4, 0.5) is 10.6 Å². The van der Waals surface area contributed by atoms with Crippen LogP contribution < -0.4 is 5.73 Å². The molecular weight excluding hydrogens is 280 g/mol. The zero-order valence-electron chi connectivity index (χ0n) is 14.1. The quantitative estimate of drug-likeness (QED) is 0.862. The van der Waals surface area contributed by atoms with E-state index < -0.39 is 5.60 Å².